The SMILES string of the molecule is O=c1[nH]c(NCCCN[C@@H]2CCNc3c(Cl)cc(Br)cc32)nc2ccsc12. The summed E-state index contributed by atoms with van der Waals surface area (Å²) in [5.41, 5.74) is 2.86. The first-order chi connectivity index (χ1) is 13.1. The summed E-state index contributed by atoms with van der Waals surface area (Å²) in [6, 6.07) is 6.17. The number of benzene rings is 1. The van der Waals surface area contributed by atoms with Gasteiger partial charge >= 0.3 is 0 Å². The molecular weight excluding hydrogens is 450 g/mol. The predicted octanol–water partition coefficient (Wildman–Crippen LogP) is 4.35. The summed E-state index contributed by atoms with van der Waals surface area (Å²) in [7, 11) is 0. The largest absolute Gasteiger partial charge is 0.383 e. The van der Waals surface area contributed by atoms with Gasteiger partial charge in [0.2, 0.25) is 5.95 Å². The van der Waals surface area contributed by atoms with Crippen LogP contribution in [0.1, 0.15) is 24.4 Å². The maximum Gasteiger partial charge on any atom is 0.270 e. The molecule has 0 fully saturated rings. The second-order valence-corrected chi connectivity index (χ2v) is 8.64. The number of fused-ring (bicyclic) bond motifs is 2. The van der Waals surface area contributed by atoms with Gasteiger partial charge in [-0.3, -0.25) is 9.78 Å². The van der Waals surface area contributed by atoms with E-state index in [2.05, 4.69) is 47.9 Å². The van der Waals surface area contributed by atoms with Crippen LogP contribution in [-0.4, -0.2) is 29.6 Å². The Morgan fingerprint density at radius 3 is 3.15 bits per heavy atom. The molecule has 0 aliphatic carbocycles. The highest BCUT2D eigenvalue weighted by atomic mass is 79.9. The van der Waals surface area contributed by atoms with Crippen molar-refractivity contribution >= 4 is 60.7 Å². The van der Waals surface area contributed by atoms with Crippen LogP contribution in [0, 0.1) is 0 Å². The maximum atomic E-state index is 12.0. The van der Waals surface area contributed by atoms with Crippen LogP contribution in [0.4, 0.5) is 11.6 Å². The van der Waals surface area contributed by atoms with Crippen molar-refractivity contribution in [1.29, 1.82) is 0 Å². The fourth-order valence-electron chi connectivity index (χ4n) is 3.29. The van der Waals surface area contributed by atoms with Crippen molar-refractivity contribution in [2.45, 2.75) is 18.9 Å². The zero-order chi connectivity index (χ0) is 18.8. The molecule has 3 aromatic rings. The van der Waals surface area contributed by atoms with E-state index in [4.69, 9.17) is 11.6 Å². The Kier molecular flexibility index (Phi) is 5.68. The molecule has 1 atom stereocenters. The summed E-state index contributed by atoms with van der Waals surface area (Å²) in [6.07, 6.45) is 1.92. The highest BCUT2D eigenvalue weighted by molar-refractivity contribution is 9.10. The fraction of sp³-hybridized carbons (Fsp3) is 0.333. The number of halogens is 2. The zero-order valence-electron chi connectivity index (χ0n) is 14.4. The highest BCUT2D eigenvalue weighted by Gasteiger charge is 2.21. The van der Waals surface area contributed by atoms with Crippen molar-refractivity contribution in [3.05, 3.63) is 49.0 Å². The van der Waals surface area contributed by atoms with Crippen molar-refractivity contribution < 1.29 is 0 Å². The summed E-state index contributed by atoms with van der Waals surface area (Å²) in [6.45, 7) is 2.48. The lowest BCUT2D eigenvalue weighted by Crippen LogP contribution is -2.30. The third-order valence-electron chi connectivity index (χ3n) is 4.55. The number of hydrogen-bond donors (Lipinski definition) is 4. The molecule has 1 aliphatic heterocycles. The van der Waals surface area contributed by atoms with Gasteiger partial charge in [-0.15, -0.1) is 11.3 Å². The van der Waals surface area contributed by atoms with Crippen LogP contribution in [0.3, 0.4) is 0 Å². The molecule has 142 valence electrons. The first-order valence-corrected chi connectivity index (χ1v) is 10.8. The number of aromatic nitrogens is 2. The van der Waals surface area contributed by atoms with Crippen molar-refractivity contribution in [2.75, 3.05) is 30.3 Å². The molecule has 0 bridgehead atoms. The molecule has 4 N–H and O–H groups in total. The molecular formula is C18H19BrClN5OS. The number of aromatic amines is 1. The molecule has 0 spiro atoms. The summed E-state index contributed by atoms with van der Waals surface area (Å²) in [5, 5.41) is 12.8. The standard InChI is InChI=1S/C18H19BrClN5OS/c19-10-8-11-13(2-6-22-15(11)12(20)9-10)21-4-1-5-23-18-24-14-3-7-27-16(14)17(26)25-18/h3,7-9,13,21-22H,1-2,4-6H2,(H2,23,24,25,26)/t13-/m1/s1. The monoisotopic (exact) mass is 467 g/mol. The van der Waals surface area contributed by atoms with E-state index in [1.54, 1.807) is 0 Å². The first-order valence-electron chi connectivity index (χ1n) is 8.79. The Hall–Kier alpha value is -1.61. The van der Waals surface area contributed by atoms with Gasteiger partial charge in [0.05, 0.1) is 16.2 Å². The molecule has 3 heterocycles. The summed E-state index contributed by atoms with van der Waals surface area (Å²) >= 11 is 11.3. The third-order valence-corrected chi connectivity index (χ3v) is 6.21. The van der Waals surface area contributed by atoms with E-state index in [0.717, 1.165) is 53.2 Å². The van der Waals surface area contributed by atoms with E-state index in [1.807, 2.05) is 17.5 Å². The van der Waals surface area contributed by atoms with Crippen molar-refractivity contribution in [3.8, 4) is 0 Å². The fourth-order valence-corrected chi connectivity index (χ4v) is 4.92. The molecule has 0 radical (unpaired) electrons. The summed E-state index contributed by atoms with van der Waals surface area (Å²) in [4.78, 5) is 19.2. The lowest BCUT2D eigenvalue weighted by Gasteiger charge is -2.28. The second kappa shape index (κ2) is 8.18. The van der Waals surface area contributed by atoms with Gasteiger partial charge in [0.1, 0.15) is 4.70 Å². The topological polar surface area (TPSA) is 81.8 Å². The maximum absolute atomic E-state index is 12.0. The van der Waals surface area contributed by atoms with Gasteiger partial charge < -0.3 is 16.0 Å². The van der Waals surface area contributed by atoms with Crippen LogP contribution in [0.15, 0.2) is 32.8 Å². The Bertz CT molecular complexity index is 1020. The minimum atomic E-state index is -0.0932. The number of nitrogens with zero attached hydrogens (tertiary/aromatic N) is 1. The van der Waals surface area contributed by atoms with Crippen LogP contribution in [0.5, 0.6) is 0 Å². The Labute approximate surface area is 173 Å². The van der Waals surface area contributed by atoms with Gasteiger partial charge in [-0.2, -0.15) is 0 Å². The average molecular weight is 469 g/mol. The van der Waals surface area contributed by atoms with Crippen LogP contribution in [0.2, 0.25) is 5.02 Å². The van der Waals surface area contributed by atoms with Crippen LogP contribution < -0.4 is 21.5 Å². The van der Waals surface area contributed by atoms with Crippen LogP contribution in [0.25, 0.3) is 10.2 Å². The first kappa shape index (κ1) is 18.7. The van der Waals surface area contributed by atoms with Gasteiger partial charge in [0.25, 0.3) is 5.56 Å². The number of H-pyrrole nitrogens is 1. The van der Waals surface area contributed by atoms with E-state index < -0.39 is 0 Å². The highest BCUT2D eigenvalue weighted by Crippen LogP contribution is 2.37. The lowest BCUT2D eigenvalue weighted by molar-refractivity contribution is 0.497. The van der Waals surface area contributed by atoms with Gasteiger partial charge in [0.15, 0.2) is 0 Å². The molecule has 6 nitrogen and oxygen atoms in total. The number of rotatable bonds is 6. The van der Waals surface area contributed by atoms with Crippen molar-refractivity contribution in [1.82, 2.24) is 15.3 Å². The average Bonchev–Trinajstić information content (AvgIpc) is 3.11. The van der Waals surface area contributed by atoms with Gasteiger partial charge in [-0.1, -0.05) is 27.5 Å². The van der Waals surface area contributed by atoms with Gasteiger partial charge in [0, 0.05) is 23.6 Å². The Balaban J connectivity index is 1.31. The molecule has 2 aromatic heterocycles. The summed E-state index contributed by atoms with van der Waals surface area (Å²) in [5.74, 6) is 0.522. The van der Waals surface area contributed by atoms with Gasteiger partial charge in [-0.05, 0) is 48.5 Å². The molecule has 0 amide bonds. The van der Waals surface area contributed by atoms with Crippen molar-refractivity contribution in [2.24, 2.45) is 0 Å². The summed E-state index contributed by atoms with van der Waals surface area (Å²) < 4.78 is 1.65. The van der Waals surface area contributed by atoms with E-state index in [-0.39, 0.29) is 11.6 Å². The van der Waals surface area contributed by atoms with Crippen LogP contribution >= 0.6 is 38.9 Å². The number of thiophene rings is 1. The molecule has 0 saturated heterocycles. The Morgan fingerprint density at radius 2 is 2.26 bits per heavy atom. The number of nitrogens with one attached hydrogen (secondary N) is 4. The number of hydrogen-bond acceptors (Lipinski definition) is 6. The molecule has 27 heavy (non-hydrogen) atoms. The number of anilines is 2. The zero-order valence-corrected chi connectivity index (χ0v) is 17.6. The molecule has 0 saturated carbocycles. The van der Waals surface area contributed by atoms with Gasteiger partial charge in [-0.25, -0.2) is 4.98 Å². The quantitative estimate of drug-likeness (QED) is 0.404. The predicted molar refractivity (Wildman–Crippen MR) is 116 cm³/mol. The molecule has 1 aliphatic rings. The van der Waals surface area contributed by atoms with Crippen molar-refractivity contribution in [3.63, 3.8) is 0 Å². The third kappa shape index (κ3) is 4.13. The minimum Gasteiger partial charge on any atom is -0.383 e. The van der Waals surface area contributed by atoms with E-state index in [1.165, 1.54) is 16.9 Å². The van der Waals surface area contributed by atoms with E-state index in [9.17, 15) is 4.79 Å². The molecule has 9 heteroatoms. The Morgan fingerprint density at radius 1 is 1.37 bits per heavy atom. The minimum absolute atomic E-state index is 0.0932. The normalized spacial score (nSPS) is 16.1. The van der Waals surface area contributed by atoms with E-state index >= 15 is 0 Å². The molecule has 1 aromatic carbocycles. The smallest absolute Gasteiger partial charge is 0.270 e. The molecule has 4 rings (SSSR count). The second-order valence-electron chi connectivity index (χ2n) is 6.40. The lowest BCUT2D eigenvalue weighted by atomic mass is 9.98. The van der Waals surface area contributed by atoms with E-state index in [0.29, 0.717) is 10.6 Å². The molecule has 0 unspecified atom stereocenters. The van der Waals surface area contributed by atoms with Crippen LogP contribution in [-0.2, 0) is 0 Å².